The minimum absolute atomic E-state index is 0.204. The van der Waals surface area contributed by atoms with Crippen LogP contribution in [-0.4, -0.2) is 28.8 Å². The molecule has 0 aromatic rings. The Morgan fingerprint density at radius 3 is 2.27 bits per heavy atom. The van der Waals surface area contributed by atoms with Gasteiger partial charge in [0.1, 0.15) is 0 Å². The lowest BCUT2D eigenvalue weighted by Crippen LogP contribution is -2.04. The number of aliphatic carboxylic acids is 1. The number of allylic oxidation sites excluding steroid dienone is 1. The number of hydrogen-bond acceptors (Lipinski definition) is 3. The zero-order valence-electron chi connectivity index (χ0n) is 14.0. The highest BCUT2D eigenvalue weighted by Crippen LogP contribution is 2.10. The molecule has 22 heavy (non-hydrogen) atoms. The van der Waals surface area contributed by atoms with Gasteiger partial charge in [-0.05, 0) is 45.1 Å². The van der Waals surface area contributed by atoms with Crippen molar-refractivity contribution in [3.05, 3.63) is 12.2 Å². The van der Waals surface area contributed by atoms with E-state index >= 15 is 0 Å². The predicted molar refractivity (Wildman–Crippen MR) is 91.9 cm³/mol. The SMILES string of the molecule is NCCCCCC[C@@H](O)C/C=C\CCCCCCCC(=O)O. The number of aliphatic hydroxyl groups is 1. The van der Waals surface area contributed by atoms with E-state index < -0.39 is 5.97 Å². The zero-order valence-corrected chi connectivity index (χ0v) is 14.0. The molecule has 0 bridgehead atoms. The van der Waals surface area contributed by atoms with Crippen LogP contribution in [-0.2, 0) is 4.79 Å². The summed E-state index contributed by atoms with van der Waals surface area (Å²) in [6, 6.07) is 0. The Morgan fingerprint density at radius 1 is 0.909 bits per heavy atom. The number of unbranched alkanes of at least 4 members (excludes halogenated alkanes) is 8. The summed E-state index contributed by atoms with van der Waals surface area (Å²) in [5, 5.41) is 18.3. The van der Waals surface area contributed by atoms with Gasteiger partial charge in [-0.1, -0.05) is 50.7 Å². The van der Waals surface area contributed by atoms with Gasteiger partial charge in [0.05, 0.1) is 6.10 Å². The number of hydrogen-bond donors (Lipinski definition) is 3. The highest BCUT2D eigenvalue weighted by molar-refractivity contribution is 5.66. The Morgan fingerprint density at radius 2 is 1.55 bits per heavy atom. The minimum atomic E-state index is -0.694. The summed E-state index contributed by atoms with van der Waals surface area (Å²) in [6.45, 7) is 0.769. The third kappa shape index (κ3) is 17.2. The molecule has 0 radical (unpaired) electrons. The van der Waals surface area contributed by atoms with Crippen molar-refractivity contribution in [3.8, 4) is 0 Å². The van der Waals surface area contributed by atoms with E-state index in [1.807, 2.05) is 0 Å². The standard InChI is InChI=1S/C18H35NO3/c19-16-12-8-7-10-14-17(20)13-9-5-3-1-2-4-6-11-15-18(21)22/h5,9,17,20H,1-4,6-8,10-16,19H2,(H,21,22)/b9-5-/t17-/m0/s1. The molecule has 0 rings (SSSR count). The van der Waals surface area contributed by atoms with E-state index in [-0.39, 0.29) is 6.10 Å². The van der Waals surface area contributed by atoms with E-state index in [1.54, 1.807) is 0 Å². The summed E-state index contributed by atoms with van der Waals surface area (Å²) >= 11 is 0. The van der Waals surface area contributed by atoms with Gasteiger partial charge in [0.25, 0.3) is 0 Å². The van der Waals surface area contributed by atoms with Gasteiger partial charge in [-0.3, -0.25) is 4.79 Å². The van der Waals surface area contributed by atoms with Crippen LogP contribution in [0, 0.1) is 0 Å². The Hall–Kier alpha value is -0.870. The molecular formula is C18H35NO3. The second-order valence-corrected chi connectivity index (χ2v) is 6.05. The first-order chi connectivity index (χ1) is 10.7. The van der Waals surface area contributed by atoms with Crippen molar-refractivity contribution in [1.82, 2.24) is 0 Å². The molecule has 0 aliphatic carbocycles. The van der Waals surface area contributed by atoms with Gasteiger partial charge in [0, 0.05) is 6.42 Å². The van der Waals surface area contributed by atoms with Crippen LogP contribution in [0.4, 0.5) is 0 Å². The first-order valence-electron chi connectivity index (χ1n) is 8.91. The highest BCUT2D eigenvalue weighted by Gasteiger charge is 2.01. The van der Waals surface area contributed by atoms with Crippen molar-refractivity contribution in [1.29, 1.82) is 0 Å². The summed E-state index contributed by atoms with van der Waals surface area (Å²) in [5.41, 5.74) is 5.44. The van der Waals surface area contributed by atoms with Crippen molar-refractivity contribution in [2.45, 2.75) is 89.6 Å². The fraction of sp³-hybridized carbons (Fsp3) is 0.833. The van der Waals surface area contributed by atoms with Crippen LogP contribution in [0.1, 0.15) is 83.5 Å². The third-order valence-corrected chi connectivity index (χ3v) is 3.83. The number of rotatable bonds is 16. The number of carbonyl (C=O) groups is 1. The summed E-state index contributed by atoms with van der Waals surface area (Å²) in [5.74, 6) is -0.694. The van der Waals surface area contributed by atoms with Gasteiger partial charge >= 0.3 is 5.97 Å². The average molecular weight is 313 g/mol. The maximum absolute atomic E-state index is 10.3. The maximum atomic E-state index is 10.3. The molecular weight excluding hydrogens is 278 g/mol. The number of carboxylic acids is 1. The van der Waals surface area contributed by atoms with E-state index in [4.69, 9.17) is 10.8 Å². The van der Waals surface area contributed by atoms with E-state index in [9.17, 15) is 9.90 Å². The Balaban J connectivity index is 3.26. The van der Waals surface area contributed by atoms with Gasteiger partial charge < -0.3 is 15.9 Å². The van der Waals surface area contributed by atoms with Crippen molar-refractivity contribution < 1.29 is 15.0 Å². The molecule has 0 fully saturated rings. The van der Waals surface area contributed by atoms with E-state index in [0.29, 0.717) is 6.42 Å². The number of carboxylic acid groups (broad SMARTS) is 1. The van der Waals surface area contributed by atoms with E-state index in [2.05, 4.69) is 12.2 Å². The molecule has 0 aromatic heterocycles. The van der Waals surface area contributed by atoms with Crippen molar-refractivity contribution in [2.24, 2.45) is 5.73 Å². The van der Waals surface area contributed by atoms with Crippen molar-refractivity contribution in [2.75, 3.05) is 6.54 Å². The molecule has 130 valence electrons. The molecule has 0 saturated heterocycles. The number of aliphatic hydroxyl groups excluding tert-OH is 1. The molecule has 0 aliphatic heterocycles. The van der Waals surface area contributed by atoms with Gasteiger partial charge in [-0.2, -0.15) is 0 Å². The third-order valence-electron chi connectivity index (χ3n) is 3.83. The molecule has 4 N–H and O–H groups in total. The zero-order chi connectivity index (χ0) is 16.5. The summed E-state index contributed by atoms with van der Waals surface area (Å²) < 4.78 is 0. The summed E-state index contributed by atoms with van der Waals surface area (Å²) in [7, 11) is 0. The molecule has 0 aliphatic rings. The quantitative estimate of drug-likeness (QED) is 0.297. The molecule has 0 unspecified atom stereocenters. The first kappa shape index (κ1) is 21.1. The molecule has 4 heteroatoms. The van der Waals surface area contributed by atoms with Crippen LogP contribution >= 0.6 is 0 Å². The molecule has 1 atom stereocenters. The minimum Gasteiger partial charge on any atom is -0.481 e. The average Bonchev–Trinajstić information content (AvgIpc) is 2.48. The maximum Gasteiger partial charge on any atom is 0.303 e. The van der Waals surface area contributed by atoms with Crippen LogP contribution in [0.15, 0.2) is 12.2 Å². The monoisotopic (exact) mass is 313 g/mol. The molecule has 4 nitrogen and oxygen atoms in total. The molecule has 0 saturated carbocycles. The second kappa shape index (κ2) is 16.5. The van der Waals surface area contributed by atoms with Crippen LogP contribution in [0.2, 0.25) is 0 Å². The molecule has 0 aromatic carbocycles. The smallest absolute Gasteiger partial charge is 0.303 e. The second-order valence-electron chi connectivity index (χ2n) is 6.05. The lowest BCUT2D eigenvalue weighted by molar-refractivity contribution is -0.137. The Labute approximate surface area is 135 Å². The molecule has 0 spiro atoms. The fourth-order valence-corrected chi connectivity index (χ4v) is 2.44. The van der Waals surface area contributed by atoms with Crippen molar-refractivity contribution >= 4 is 5.97 Å². The van der Waals surface area contributed by atoms with Gasteiger partial charge in [-0.25, -0.2) is 0 Å². The van der Waals surface area contributed by atoms with E-state index in [1.165, 1.54) is 12.8 Å². The normalized spacial score (nSPS) is 12.8. The van der Waals surface area contributed by atoms with Gasteiger partial charge in [0.15, 0.2) is 0 Å². The lowest BCUT2D eigenvalue weighted by Gasteiger charge is -2.07. The molecule has 0 heterocycles. The van der Waals surface area contributed by atoms with Crippen LogP contribution in [0.5, 0.6) is 0 Å². The summed E-state index contributed by atoms with van der Waals surface area (Å²) in [4.78, 5) is 10.3. The van der Waals surface area contributed by atoms with Crippen molar-refractivity contribution in [3.63, 3.8) is 0 Å². The Bertz CT molecular complexity index is 280. The molecule has 0 amide bonds. The Kier molecular flexibility index (Phi) is 15.8. The predicted octanol–water partition coefficient (Wildman–Crippen LogP) is 4.02. The number of nitrogens with two attached hydrogens (primary N) is 1. The topological polar surface area (TPSA) is 83.5 Å². The first-order valence-corrected chi connectivity index (χ1v) is 8.91. The van der Waals surface area contributed by atoms with Crippen LogP contribution in [0.3, 0.4) is 0 Å². The van der Waals surface area contributed by atoms with Crippen LogP contribution < -0.4 is 5.73 Å². The van der Waals surface area contributed by atoms with Gasteiger partial charge in [-0.15, -0.1) is 0 Å². The van der Waals surface area contributed by atoms with Crippen LogP contribution in [0.25, 0.3) is 0 Å². The highest BCUT2D eigenvalue weighted by atomic mass is 16.4. The van der Waals surface area contributed by atoms with Gasteiger partial charge in [0.2, 0.25) is 0 Å². The fourth-order valence-electron chi connectivity index (χ4n) is 2.44. The van der Waals surface area contributed by atoms with E-state index in [0.717, 1.165) is 70.8 Å². The summed E-state index contributed by atoms with van der Waals surface area (Å²) in [6.07, 6.45) is 16.8. The lowest BCUT2D eigenvalue weighted by atomic mass is 10.1. The largest absolute Gasteiger partial charge is 0.481 e.